The molecule has 0 fully saturated rings. The number of rotatable bonds is 16. The summed E-state index contributed by atoms with van der Waals surface area (Å²) < 4.78 is 5.34. The monoisotopic (exact) mass is 372 g/mol. The van der Waals surface area contributed by atoms with E-state index < -0.39 is 0 Å². The van der Waals surface area contributed by atoms with E-state index >= 15 is 0 Å². The number of carbonyl (C=O) groups is 1. The molecule has 0 spiro atoms. The fourth-order valence-corrected chi connectivity index (χ4v) is 3.13. The molecule has 0 N–H and O–H groups in total. The van der Waals surface area contributed by atoms with E-state index in [0.29, 0.717) is 12.2 Å². The molecule has 0 saturated carbocycles. The molecule has 0 aliphatic rings. The van der Waals surface area contributed by atoms with Gasteiger partial charge in [0.2, 0.25) is 0 Å². The highest BCUT2D eigenvalue weighted by atomic mass is 16.5. The van der Waals surface area contributed by atoms with Crippen molar-refractivity contribution < 1.29 is 9.53 Å². The molecule has 0 bridgehead atoms. The summed E-state index contributed by atoms with van der Waals surface area (Å²) >= 11 is 0. The summed E-state index contributed by atoms with van der Waals surface area (Å²) in [6, 6.07) is 7.63. The largest absolute Gasteiger partial charge is 0.427 e. The van der Waals surface area contributed by atoms with E-state index in [1.54, 1.807) is 0 Å². The lowest BCUT2D eigenvalue weighted by atomic mass is 10.1. The second-order valence-electron chi connectivity index (χ2n) is 7.62. The number of hydrogen-bond acceptors (Lipinski definition) is 2. The Morgan fingerprint density at radius 1 is 0.778 bits per heavy atom. The number of ether oxygens (including phenoxy) is 1. The van der Waals surface area contributed by atoms with Crippen LogP contribution in [0.4, 0.5) is 0 Å². The van der Waals surface area contributed by atoms with Gasteiger partial charge in [-0.3, -0.25) is 4.79 Å². The lowest BCUT2D eigenvalue weighted by Gasteiger charge is -2.04. The summed E-state index contributed by atoms with van der Waals surface area (Å²) in [5, 5.41) is 0. The maximum atomic E-state index is 11.8. The SMILES string of the molecule is CCCCCCCC/C=C\CCCCCCCC(=O)Oc1ccc(C)cc1. The molecule has 27 heavy (non-hydrogen) atoms. The Labute approximate surface area is 167 Å². The topological polar surface area (TPSA) is 26.3 Å². The first kappa shape index (κ1) is 23.5. The molecule has 0 unspecified atom stereocenters. The fourth-order valence-electron chi connectivity index (χ4n) is 3.13. The van der Waals surface area contributed by atoms with E-state index in [9.17, 15) is 4.79 Å². The maximum absolute atomic E-state index is 11.8. The highest BCUT2D eigenvalue weighted by Crippen LogP contribution is 2.14. The number of unbranched alkanes of at least 4 members (excludes halogenated alkanes) is 11. The summed E-state index contributed by atoms with van der Waals surface area (Å²) in [4.78, 5) is 11.8. The van der Waals surface area contributed by atoms with Gasteiger partial charge in [-0.05, 0) is 51.2 Å². The van der Waals surface area contributed by atoms with Crippen molar-refractivity contribution in [1.82, 2.24) is 0 Å². The molecule has 2 nitrogen and oxygen atoms in total. The molecular weight excluding hydrogens is 332 g/mol. The van der Waals surface area contributed by atoms with Crippen LogP contribution in [-0.2, 0) is 4.79 Å². The van der Waals surface area contributed by atoms with Gasteiger partial charge in [-0.15, -0.1) is 0 Å². The third kappa shape index (κ3) is 14.2. The van der Waals surface area contributed by atoms with E-state index in [4.69, 9.17) is 4.74 Å². The van der Waals surface area contributed by atoms with Crippen molar-refractivity contribution in [2.45, 2.75) is 104 Å². The Kier molecular flexibility index (Phi) is 14.4. The predicted molar refractivity (Wildman–Crippen MR) is 116 cm³/mol. The van der Waals surface area contributed by atoms with E-state index in [1.807, 2.05) is 31.2 Å². The van der Waals surface area contributed by atoms with Gasteiger partial charge in [0.25, 0.3) is 0 Å². The van der Waals surface area contributed by atoms with Gasteiger partial charge in [-0.1, -0.05) is 88.1 Å². The Morgan fingerprint density at radius 2 is 1.30 bits per heavy atom. The molecular formula is C25H40O2. The molecule has 0 radical (unpaired) electrons. The number of carbonyl (C=O) groups excluding carboxylic acids is 1. The van der Waals surface area contributed by atoms with Crippen molar-refractivity contribution in [3.8, 4) is 5.75 Å². The third-order valence-electron chi connectivity index (χ3n) is 4.90. The second kappa shape index (κ2) is 16.6. The Morgan fingerprint density at radius 3 is 1.89 bits per heavy atom. The highest BCUT2D eigenvalue weighted by Gasteiger charge is 2.04. The second-order valence-corrected chi connectivity index (χ2v) is 7.62. The van der Waals surface area contributed by atoms with Crippen LogP contribution in [0.15, 0.2) is 36.4 Å². The molecule has 0 saturated heterocycles. The first-order valence-electron chi connectivity index (χ1n) is 11.1. The van der Waals surface area contributed by atoms with Crippen molar-refractivity contribution in [3.05, 3.63) is 42.0 Å². The van der Waals surface area contributed by atoms with Crippen molar-refractivity contribution in [2.75, 3.05) is 0 Å². The van der Waals surface area contributed by atoms with Gasteiger partial charge in [0.05, 0.1) is 0 Å². The van der Waals surface area contributed by atoms with Crippen LogP contribution in [0.1, 0.15) is 102 Å². The zero-order chi connectivity index (χ0) is 19.6. The molecule has 0 heterocycles. The van der Waals surface area contributed by atoms with Crippen LogP contribution in [-0.4, -0.2) is 5.97 Å². The minimum absolute atomic E-state index is 0.114. The number of benzene rings is 1. The van der Waals surface area contributed by atoms with Gasteiger partial charge in [-0.25, -0.2) is 0 Å². The van der Waals surface area contributed by atoms with Crippen molar-refractivity contribution in [3.63, 3.8) is 0 Å². The van der Waals surface area contributed by atoms with Crippen LogP contribution < -0.4 is 4.74 Å². The fraction of sp³-hybridized carbons (Fsp3) is 0.640. The van der Waals surface area contributed by atoms with Crippen molar-refractivity contribution in [1.29, 1.82) is 0 Å². The summed E-state index contributed by atoms with van der Waals surface area (Å²) in [5.41, 5.74) is 1.17. The van der Waals surface area contributed by atoms with Gasteiger partial charge >= 0.3 is 5.97 Å². The average molecular weight is 373 g/mol. The lowest BCUT2D eigenvalue weighted by Crippen LogP contribution is -2.07. The minimum atomic E-state index is -0.114. The quantitative estimate of drug-likeness (QED) is 0.127. The standard InChI is InChI=1S/C25H40O2/c1-3-4-5-6-7-8-9-10-11-12-13-14-15-16-17-18-25(26)27-24-21-19-23(2)20-22-24/h10-11,19-22H,3-9,12-18H2,1-2H3/b11-10-. The molecule has 0 atom stereocenters. The average Bonchev–Trinajstić information content (AvgIpc) is 2.66. The first-order chi connectivity index (χ1) is 13.2. The Hall–Kier alpha value is -1.57. The van der Waals surface area contributed by atoms with Gasteiger partial charge in [0, 0.05) is 6.42 Å². The van der Waals surface area contributed by atoms with E-state index in [-0.39, 0.29) is 5.97 Å². The summed E-state index contributed by atoms with van der Waals surface area (Å²) in [7, 11) is 0. The van der Waals surface area contributed by atoms with Gasteiger partial charge in [-0.2, -0.15) is 0 Å². The molecule has 1 aromatic rings. The van der Waals surface area contributed by atoms with Gasteiger partial charge < -0.3 is 4.74 Å². The summed E-state index contributed by atoms with van der Waals surface area (Å²) in [5.74, 6) is 0.537. The zero-order valence-electron chi connectivity index (χ0n) is 17.7. The number of allylic oxidation sites excluding steroid dienone is 2. The minimum Gasteiger partial charge on any atom is -0.427 e. The molecule has 0 aliphatic carbocycles. The highest BCUT2D eigenvalue weighted by molar-refractivity contribution is 5.72. The van der Waals surface area contributed by atoms with Gasteiger partial charge in [0.1, 0.15) is 5.75 Å². The summed E-state index contributed by atoms with van der Waals surface area (Å²) in [6.45, 7) is 4.29. The molecule has 1 rings (SSSR count). The lowest BCUT2D eigenvalue weighted by molar-refractivity contribution is -0.134. The van der Waals surface area contributed by atoms with Crippen LogP contribution in [0, 0.1) is 6.92 Å². The normalized spacial score (nSPS) is 11.2. The summed E-state index contributed by atoms with van der Waals surface area (Å²) in [6.07, 6.45) is 21.7. The van der Waals surface area contributed by atoms with E-state index in [0.717, 1.165) is 12.8 Å². The van der Waals surface area contributed by atoms with Crippen LogP contribution in [0.3, 0.4) is 0 Å². The molecule has 0 aromatic heterocycles. The molecule has 2 heteroatoms. The van der Waals surface area contributed by atoms with Crippen LogP contribution in [0.5, 0.6) is 5.75 Å². The van der Waals surface area contributed by atoms with Crippen LogP contribution >= 0.6 is 0 Å². The maximum Gasteiger partial charge on any atom is 0.311 e. The predicted octanol–water partition coefficient (Wildman–Crippen LogP) is 7.94. The van der Waals surface area contributed by atoms with Crippen LogP contribution in [0.25, 0.3) is 0 Å². The zero-order valence-corrected chi connectivity index (χ0v) is 17.7. The van der Waals surface area contributed by atoms with Crippen molar-refractivity contribution in [2.24, 2.45) is 0 Å². The first-order valence-corrected chi connectivity index (χ1v) is 11.1. The third-order valence-corrected chi connectivity index (χ3v) is 4.90. The molecule has 0 amide bonds. The Balaban J connectivity index is 1.86. The van der Waals surface area contributed by atoms with E-state index in [2.05, 4.69) is 19.1 Å². The smallest absolute Gasteiger partial charge is 0.311 e. The molecule has 0 aliphatic heterocycles. The number of esters is 1. The molecule has 1 aromatic carbocycles. The van der Waals surface area contributed by atoms with Gasteiger partial charge in [0.15, 0.2) is 0 Å². The molecule has 152 valence electrons. The van der Waals surface area contributed by atoms with Crippen molar-refractivity contribution >= 4 is 5.97 Å². The Bertz CT molecular complexity index is 502. The number of hydrogen-bond donors (Lipinski definition) is 0. The number of aryl methyl sites for hydroxylation is 1. The van der Waals surface area contributed by atoms with Crippen LogP contribution in [0.2, 0.25) is 0 Å². The van der Waals surface area contributed by atoms with E-state index in [1.165, 1.54) is 76.2 Å².